The summed E-state index contributed by atoms with van der Waals surface area (Å²) >= 11 is 0. The third-order valence-electron chi connectivity index (χ3n) is 14.6. The van der Waals surface area contributed by atoms with Gasteiger partial charge in [-0.25, -0.2) is 0 Å². The second kappa shape index (κ2) is 39.0. The van der Waals surface area contributed by atoms with Gasteiger partial charge in [0.15, 0.2) is 18.9 Å². The molecule has 3 saturated heterocycles. The topological polar surface area (TPSA) is 307 Å². The van der Waals surface area contributed by atoms with Crippen molar-refractivity contribution < 1.29 is 89.4 Å². The maximum absolute atomic E-state index is 13.1. The van der Waals surface area contributed by atoms with E-state index < -0.39 is 124 Å². The maximum Gasteiger partial charge on any atom is 0.220 e. The van der Waals surface area contributed by atoms with Gasteiger partial charge in [0.2, 0.25) is 5.91 Å². The Balaban J connectivity index is 1.34. The van der Waals surface area contributed by atoms with Crippen LogP contribution in [0.5, 0.6) is 0 Å². The Morgan fingerprint density at radius 2 is 0.849 bits per heavy atom. The zero-order chi connectivity index (χ0) is 53.4. The van der Waals surface area contributed by atoms with Crippen molar-refractivity contribution in [3.63, 3.8) is 0 Å². The van der Waals surface area contributed by atoms with Gasteiger partial charge in [0.25, 0.3) is 0 Å². The van der Waals surface area contributed by atoms with E-state index in [1.165, 1.54) is 135 Å². The van der Waals surface area contributed by atoms with E-state index in [2.05, 4.69) is 12.2 Å². The summed E-state index contributed by atoms with van der Waals surface area (Å²) in [6.45, 7) is 1.49. The van der Waals surface area contributed by atoms with Gasteiger partial charge in [0, 0.05) is 6.42 Å². The molecule has 0 saturated carbocycles. The maximum atomic E-state index is 13.1. The number of aliphatic hydroxyl groups excluding tert-OH is 11. The fraction of sp³-hybridized carbons (Fsp3) is 0.944. The van der Waals surface area contributed by atoms with Crippen LogP contribution in [0, 0.1) is 0 Å². The molecule has 73 heavy (non-hydrogen) atoms. The van der Waals surface area contributed by atoms with Gasteiger partial charge in [-0.2, -0.15) is 0 Å². The first-order chi connectivity index (χ1) is 35.3. The Kier molecular flexibility index (Phi) is 35.1. The molecule has 0 bridgehead atoms. The van der Waals surface area contributed by atoms with Crippen LogP contribution in [0.25, 0.3) is 0 Å². The smallest absolute Gasteiger partial charge is 0.220 e. The Labute approximate surface area is 436 Å². The third kappa shape index (κ3) is 24.0. The number of hydrogen-bond acceptors (Lipinski definition) is 18. The first kappa shape index (κ1) is 65.8. The Hall–Kier alpha value is -1.47. The van der Waals surface area contributed by atoms with Crippen LogP contribution in [0.2, 0.25) is 0 Å². The Bertz CT molecular complexity index is 1400. The molecule has 17 unspecified atom stereocenters. The van der Waals surface area contributed by atoms with E-state index in [4.69, 9.17) is 28.4 Å². The van der Waals surface area contributed by atoms with Crippen LogP contribution in [0.15, 0.2) is 12.2 Å². The zero-order valence-corrected chi connectivity index (χ0v) is 44.4. The van der Waals surface area contributed by atoms with Gasteiger partial charge in [0.05, 0.1) is 38.6 Å². The van der Waals surface area contributed by atoms with Gasteiger partial charge in [-0.3, -0.25) is 4.79 Å². The van der Waals surface area contributed by atoms with E-state index in [0.29, 0.717) is 12.8 Å². The van der Waals surface area contributed by atoms with Crippen LogP contribution in [0.1, 0.15) is 194 Å². The number of allylic oxidation sites excluding steroid dienone is 1. The number of hydrogen-bond donors (Lipinski definition) is 12. The summed E-state index contributed by atoms with van der Waals surface area (Å²) in [5.41, 5.74) is 0. The molecule has 430 valence electrons. The molecule has 17 atom stereocenters. The van der Waals surface area contributed by atoms with Crippen molar-refractivity contribution in [3.05, 3.63) is 12.2 Å². The molecule has 0 spiro atoms. The standard InChI is InChI=1S/C54H101NO18/c1-3-5-7-8-9-10-11-12-13-14-15-16-17-18-19-20-21-22-23-24-25-26-27-28-30-32-42(60)55-37(38(59)31-29-6-4-2)36-68-52-48(66)45(63)50(40(34-57)70-52)73-54-49(67)46(64)51(41(35-58)71-54)72-53-47(65)44(62)43(61)39(33-56)69-53/h29,31,37-41,43-54,56-59,61-67H,3-28,30,32-36H2,1-2H3,(H,55,60)/b31-29+. The summed E-state index contributed by atoms with van der Waals surface area (Å²) in [5.74, 6) is -0.285. The molecule has 3 rings (SSSR count). The average Bonchev–Trinajstić information content (AvgIpc) is 3.38. The molecule has 3 aliphatic heterocycles. The number of nitrogens with one attached hydrogen (secondary N) is 1. The van der Waals surface area contributed by atoms with Crippen molar-refractivity contribution in [2.24, 2.45) is 0 Å². The van der Waals surface area contributed by atoms with Crippen LogP contribution >= 0.6 is 0 Å². The first-order valence-corrected chi connectivity index (χ1v) is 28.4. The van der Waals surface area contributed by atoms with Crippen molar-refractivity contribution in [2.45, 2.75) is 298 Å². The molecule has 1 amide bonds. The summed E-state index contributed by atoms with van der Waals surface area (Å²) < 4.78 is 33.9. The molecule has 0 aromatic heterocycles. The highest BCUT2D eigenvalue weighted by molar-refractivity contribution is 5.76. The molecule has 0 aliphatic carbocycles. The fourth-order valence-electron chi connectivity index (χ4n) is 9.85. The SMILES string of the molecule is CCC/C=C/C(O)C(COC1OC(CO)C(OC2OC(CO)C(OC3OC(CO)C(O)C(O)C3O)C(O)C2O)C(O)C1O)NC(=O)CCCCCCCCCCCCCCCCCCCCCCCCCCC. The molecule has 0 aromatic rings. The first-order valence-electron chi connectivity index (χ1n) is 28.4. The van der Waals surface area contributed by atoms with Gasteiger partial charge in [-0.1, -0.05) is 187 Å². The van der Waals surface area contributed by atoms with Crippen molar-refractivity contribution in [1.82, 2.24) is 5.32 Å². The molecule has 0 radical (unpaired) electrons. The monoisotopic (exact) mass is 1050 g/mol. The molecule has 12 N–H and O–H groups in total. The van der Waals surface area contributed by atoms with Crippen molar-refractivity contribution >= 4 is 5.91 Å². The predicted octanol–water partition coefficient (Wildman–Crippen LogP) is 3.82. The molecule has 19 nitrogen and oxygen atoms in total. The van der Waals surface area contributed by atoms with Gasteiger partial charge >= 0.3 is 0 Å². The molecule has 0 aromatic carbocycles. The molecule has 3 fully saturated rings. The zero-order valence-electron chi connectivity index (χ0n) is 44.4. The summed E-state index contributed by atoms with van der Waals surface area (Å²) in [5, 5.41) is 119. The van der Waals surface area contributed by atoms with Crippen LogP contribution in [0.4, 0.5) is 0 Å². The average molecular weight is 1050 g/mol. The van der Waals surface area contributed by atoms with Crippen molar-refractivity contribution in [1.29, 1.82) is 0 Å². The highest BCUT2D eigenvalue weighted by Crippen LogP contribution is 2.33. The third-order valence-corrected chi connectivity index (χ3v) is 14.6. The van der Waals surface area contributed by atoms with E-state index in [9.17, 15) is 61.0 Å². The highest BCUT2D eigenvalue weighted by atomic mass is 16.8. The number of aliphatic hydroxyl groups is 11. The minimum Gasteiger partial charge on any atom is -0.394 e. The van der Waals surface area contributed by atoms with Gasteiger partial charge < -0.3 is 89.9 Å². The number of amides is 1. The van der Waals surface area contributed by atoms with Crippen molar-refractivity contribution in [2.75, 3.05) is 26.4 Å². The minimum absolute atomic E-state index is 0.246. The lowest BCUT2D eigenvalue weighted by atomic mass is 9.96. The number of unbranched alkanes of at least 4 members (excludes halogenated alkanes) is 25. The lowest BCUT2D eigenvalue weighted by Gasteiger charge is -2.48. The number of ether oxygens (including phenoxy) is 6. The van der Waals surface area contributed by atoms with E-state index in [-0.39, 0.29) is 18.9 Å². The number of rotatable bonds is 41. The summed E-state index contributed by atoms with van der Waals surface area (Å²) in [6, 6.07) is -0.963. The minimum atomic E-state index is -1.97. The fourth-order valence-corrected chi connectivity index (χ4v) is 9.85. The van der Waals surface area contributed by atoms with E-state index in [1.54, 1.807) is 12.2 Å². The van der Waals surface area contributed by atoms with E-state index >= 15 is 0 Å². The largest absolute Gasteiger partial charge is 0.394 e. The normalized spacial score (nSPS) is 31.8. The van der Waals surface area contributed by atoms with Crippen LogP contribution < -0.4 is 5.32 Å². The summed E-state index contributed by atoms with van der Waals surface area (Å²) in [4.78, 5) is 13.1. The van der Waals surface area contributed by atoms with E-state index in [1.807, 2.05) is 6.92 Å². The molecular formula is C54H101NO18. The van der Waals surface area contributed by atoms with E-state index in [0.717, 1.165) is 25.7 Å². The molecule has 19 heteroatoms. The summed E-state index contributed by atoms with van der Waals surface area (Å²) in [7, 11) is 0. The van der Waals surface area contributed by atoms with Gasteiger partial charge in [0.1, 0.15) is 73.2 Å². The Morgan fingerprint density at radius 3 is 1.26 bits per heavy atom. The quantitative estimate of drug-likeness (QED) is 0.0306. The van der Waals surface area contributed by atoms with Crippen LogP contribution in [0.3, 0.4) is 0 Å². The second-order valence-corrected chi connectivity index (χ2v) is 20.8. The summed E-state index contributed by atoms with van der Waals surface area (Å²) in [6.07, 6.45) is 10.7. The predicted molar refractivity (Wildman–Crippen MR) is 273 cm³/mol. The van der Waals surface area contributed by atoms with Gasteiger partial charge in [-0.05, 0) is 12.8 Å². The molecule has 3 heterocycles. The molecule has 3 aliphatic rings. The van der Waals surface area contributed by atoms with Crippen molar-refractivity contribution in [3.8, 4) is 0 Å². The second-order valence-electron chi connectivity index (χ2n) is 20.8. The number of carbonyl (C=O) groups is 1. The Morgan fingerprint density at radius 1 is 0.479 bits per heavy atom. The molecular weight excluding hydrogens is 951 g/mol. The van der Waals surface area contributed by atoms with Crippen LogP contribution in [-0.4, -0.2) is 193 Å². The lowest BCUT2D eigenvalue weighted by Crippen LogP contribution is -2.66. The highest BCUT2D eigenvalue weighted by Gasteiger charge is 2.53. The van der Waals surface area contributed by atoms with Crippen LogP contribution in [-0.2, 0) is 33.2 Å². The number of carbonyl (C=O) groups excluding carboxylic acids is 1. The lowest BCUT2D eigenvalue weighted by molar-refractivity contribution is -0.379. The van der Waals surface area contributed by atoms with Gasteiger partial charge in [-0.15, -0.1) is 0 Å².